The highest BCUT2D eigenvalue weighted by atomic mass is 16.5. The van der Waals surface area contributed by atoms with Gasteiger partial charge in [-0.2, -0.15) is 0 Å². The van der Waals surface area contributed by atoms with E-state index in [4.69, 9.17) is 4.52 Å². The van der Waals surface area contributed by atoms with Gasteiger partial charge in [0, 0.05) is 18.7 Å². The molecule has 0 atom stereocenters. The molecule has 1 N–H and O–H groups in total. The summed E-state index contributed by atoms with van der Waals surface area (Å²) in [4.78, 5) is 16.3. The molecule has 0 saturated heterocycles. The molecule has 6 heteroatoms. The van der Waals surface area contributed by atoms with Crippen LogP contribution in [0.3, 0.4) is 0 Å². The number of carbonyl (C=O) groups is 1. The number of rotatable bonds is 2. The Hall–Kier alpha value is -2.63. The molecule has 0 aliphatic carbocycles. The zero-order valence-corrected chi connectivity index (χ0v) is 10.5. The molecule has 0 aliphatic heterocycles. The number of anilines is 1. The van der Waals surface area contributed by atoms with Gasteiger partial charge in [-0.1, -0.05) is 5.16 Å². The fourth-order valence-corrected chi connectivity index (χ4v) is 1.89. The van der Waals surface area contributed by atoms with E-state index in [1.165, 1.54) is 0 Å². The van der Waals surface area contributed by atoms with Crippen molar-refractivity contribution in [3.63, 3.8) is 0 Å². The average Bonchev–Trinajstić information content (AvgIpc) is 2.96. The molecule has 0 unspecified atom stereocenters. The van der Waals surface area contributed by atoms with Gasteiger partial charge in [-0.25, -0.2) is 4.98 Å². The summed E-state index contributed by atoms with van der Waals surface area (Å²) < 4.78 is 6.80. The van der Waals surface area contributed by atoms with Crippen LogP contribution < -0.4 is 5.32 Å². The molecule has 3 aromatic rings. The van der Waals surface area contributed by atoms with E-state index in [9.17, 15) is 4.79 Å². The Balaban J connectivity index is 1.89. The Morgan fingerprint density at radius 1 is 1.37 bits per heavy atom. The standard InChI is InChI=1S/C13H12N4O2/c1-8-5-12(16-19-8)15-13(18)9-3-4-11-10(6-9)14-7-17(11)2/h3-7H,1-2H3,(H,15,16,18). The maximum Gasteiger partial charge on any atom is 0.256 e. The molecular formula is C13H12N4O2. The number of aryl methyl sites for hydroxylation is 2. The first-order chi connectivity index (χ1) is 9.13. The van der Waals surface area contributed by atoms with Crippen molar-refractivity contribution in [2.45, 2.75) is 6.92 Å². The van der Waals surface area contributed by atoms with Crippen LogP contribution in [-0.2, 0) is 7.05 Å². The van der Waals surface area contributed by atoms with Crippen molar-refractivity contribution in [3.8, 4) is 0 Å². The van der Waals surface area contributed by atoms with E-state index in [-0.39, 0.29) is 5.91 Å². The fraction of sp³-hybridized carbons (Fsp3) is 0.154. The highest BCUT2D eigenvalue weighted by Crippen LogP contribution is 2.15. The summed E-state index contributed by atoms with van der Waals surface area (Å²) in [5.41, 5.74) is 2.30. The Bertz CT molecular complexity index is 757. The van der Waals surface area contributed by atoms with Crippen molar-refractivity contribution in [3.05, 3.63) is 41.9 Å². The van der Waals surface area contributed by atoms with Crippen LogP contribution in [0.2, 0.25) is 0 Å². The molecule has 1 aromatic carbocycles. The third kappa shape index (κ3) is 2.08. The van der Waals surface area contributed by atoms with Gasteiger partial charge in [0.1, 0.15) is 5.76 Å². The zero-order valence-electron chi connectivity index (χ0n) is 10.5. The van der Waals surface area contributed by atoms with Gasteiger partial charge < -0.3 is 14.4 Å². The maximum absolute atomic E-state index is 12.0. The van der Waals surface area contributed by atoms with Gasteiger partial charge >= 0.3 is 0 Å². The van der Waals surface area contributed by atoms with E-state index in [2.05, 4.69) is 15.5 Å². The monoisotopic (exact) mass is 256 g/mol. The van der Waals surface area contributed by atoms with Crippen LogP contribution in [0.5, 0.6) is 0 Å². The second kappa shape index (κ2) is 4.24. The van der Waals surface area contributed by atoms with E-state index in [0.717, 1.165) is 11.0 Å². The number of hydrogen-bond donors (Lipinski definition) is 1. The van der Waals surface area contributed by atoms with Crippen molar-refractivity contribution in [1.29, 1.82) is 0 Å². The fourth-order valence-electron chi connectivity index (χ4n) is 1.89. The third-order valence-corrected chi connectivity index (χ3v) is 2.86. The molecule has 0 saturated carbocycles. The summed E-state index contributed by atoms with van der Waals surface area (Å²) in [5.74, 6) is 0.819. The molecule has 2 heterocycles. The van der Waals surface area contributed by atoms with Gasteiger partial charge in [0.05, 0.1) is 17.4 Å². The molecule has 1 amide bonds. The number of nitrogens with one attached hydrogen (secondary N) is 1. The number of carbonyl (C=O) groups excluding carboxylic acids is 1. The Kier molecular flexibility index (Phi) is 2.56. The largest absolute Gasteiger partial charge is 0.360 e. The van der Waals surface area contributed by atoms with Gasteiger partial charge in [-0.05, 0) is 25.1 Å². The second-order valence-corrected chi connectivity index (χ2v) is 4.34. The molecule has 0 spiro atoms. The molecule has 0 aliphatic rings. The van der Waals surface area contributed by atoms with Crippen molar-refractivity contribution < 1.29 is 9.32 Å². The number of aromatic nitrogens is 3. The molecule has 2 aromatic heterocycles. The van der Waals surface area contributed by atoms with Gasteiger partial charge in [0.2, 0.25) is 0 Å². The zero-order chi connectivity index (χ0) is 13.4. The van der Waals surface area contributed by atoms with E-state index in [0.29, 0.717) is 17.1 Å². The predicted molar refractivity (Wildman–Crippen MR) is 69.9 cm³/mol. The number of nitrogens with zero attached hydrogens (tertiary/aromatic N) is 3. The normalized spacial score (nSPS) is 10.8. The van der Waals surface area contributed by atoms with Crippen molar-refractivity contribution in [1.82, 2.24) is 14.7 Å². The lowest BCUT2D eigenvalue weighted by atomic mass is 10.2. The first kappa shape index (κ1) is 11.5. The Labute approximate surface area is 109 Å². The topological polar surface area (TPSA) is 73.0 Å². The number of amides is 1. The molecular weight excluding hydrogens is 244 g/mol. The summed E-state index contributed by atoms with van der Waals surface area (Å²) in [6, 6.07) is 7.03. The van der Waals surface area contributed by atoms with Gasteiger partial charge in [0.25, 0.3) is 5.91 Å². The highest BCUT2D eigenvalue weighted by Gasteiger charge is 2.10. The summed E-state index contributed by atoms with van der Waals surface area (Å²) in [6.07, 6.45) is 1.72. The lowest BCUT2D eigenvalue weighted by Gasteiger charge is -2.01. The number of imidazole rings is 1. The van der Waals surface area contributed by atoms with Crippen LogP contribution in [0.25, 0.3) is 11.0 Å². The van der Waals surface area contributed by atoms with Crippen LogP contribution >= 0.6 is 0 Å². The van der Waals surface area contributed by atoms with Gasteiger partial charge in [0.15, 0.2) is 5.82 Å². The van der Waals surface area contributed by atoms with Crippen LogP contribution in [0.1, 0.15) is 16.1 Å². The van der Waals surface area contributed by atoms with Gasteiger partial charge in [-0.15, -0.1) is 0 Å². The number of benzene rings is 1. The van der Waals surface area contributed by atoms with Crippen molar-refractivity contribution in [2.75, 3.05) is 5.32 Å². The SMILES string of the molecule is Cc1cc(NC(=O)c2ccc3c(c2)ncn3C)no1. The van der Waals surface area contributed by atoms with E-state index in [1.54, 1.807) is 31.5 Å². The van der Waals surface area contributed by atoms with Crippen molar-refractivity contribution in [2.24, 2.45) is 7.05 Å². The second-order valence-electron chi connectivity index (χ2n) is 4.34. The maximum atomic E-state index is 12.0. The molecule has 3 rings (SSSR count). The van der Waals surface area contributed by atoms with Crippen LogP contribution in [0.4, 0.5) is 5.82 Å². The molecule has 96 valence electrons. The first-order valence-corrected chi connectivity index (χ1v) is 5.79. The highest BCUT2D eigenvalue weighted by molar-refractivity contribution is 6.05. The average molecular weight is 256 g/mol. The Morgan fingerprint density at radius 3 is 2.95 bits per heavy atom. The van der Waals surface area contributed by atoms with Gasteiger partial charge in [-0.3, -0.25) is 4.79 Å². The minimum atomic E-state index is -0.235. The minimum Gasteiger partial charge on any atom is -0.360 e. The summed E-state index contributed by atoms with van der Waals surface area (Å²) in [7, 11) is 1.91. The molecule has 19 heavy (non-hydrogen) atoms. The van der Waals surface area contributed by atoms with Crippen LogP contribution in [0.15, 0.2) is 35.1 Å². The van der Waals surface area contributed by atoms with Crippen LogP contribution in [0, 0.1) is 6.92 Å². The first-order valence-electron chi connectivity index (χ1n) is 5.79. The summed E-state index contributed by atoms with van der Waals surface area (Å²) in [5, 5.41) is 6.39. The summed E-state index contributed by atoms with van der Waals surface area (Å²) >= 11 is 0. The number of fused-ring (bicyclic) bond motifs is 1. The lowest BCUT2D eigenvalue weighted by molar-refractivity contribution is 0.102. The third-order valence-electron chi connectivity index (χ3n) is 2.86. The minimum absolute atomic E-state index is 0.235. The summed E-state index contributed by atoms with van der Waals surface area (Å²) in [6.45, 7) is 1.77. The Morgan fingerprint density at radius 2 is 2.21 bits per heavy atom. The molecule has 6 nitrogen and oxygen atoms in total. The number of hydrogen-bond acceptors (Lipinski definition) is 4. The van der Waals surface area contributed by atoms with E-state index < -0.39 is 0 Å². The quantitative estimate of drug-likeness (QED) is 0.762. The predicted octanol–water partition coefficient (Wildman–Crippen LogP) is 2.12. The smallest absolute Gasteiger partial charge is 0.256 e. The van der Waals surface area contributed by atoms with E-state index in [1.807, 2.05) is 17.7 Å². The molecule has 0 bridgehead atoms. The van der Waals surface area contributed by atoms with E-state index >= 15 is 0 Å². The van der Waals surface area contributed by atoms with Crippen molar-refractivity contribution >= 4 is 22.8 Å². The lowest BCUT2D eigenvalue weighted by Crippen LogP contribution is -2.11. The molecule has 0 fully saturated rings. The molecule has 0 radical (unpaired) electrons. The van der Waals surface area contributed by atoms with Crippen LogP contribution in [-0.4, -0.2) is 20.6 Å².